The van der Waals surface area contributed by atoms with E-state index in [-0.39, 0.29) is 0 Å². The first-order valence-electron chi connectivity index (χ1n) is 4.85. The summed E-state index contributed by atoms with van der Waals surface area (Å²) in [6, 6.07) is 3.91. The minimum absolute atomic E-state index is 0.720. The molecule has 76 valence electrons. The Morgan fingerprint density at radius 3 is 2.79 bits per heavy atom. The largest absolute Gasteiger partial charge is 0.491 e. The van der Waals surface area contributed by atoms with Crippen LogP contribution >= 0.6 is 15.9 Å². The molecular formula is C11H14BrNO. The summed E-state index contributed by atoms with van der Waals surface area (Å²) in [5.41, 5.74) is 7.69. The van der Waals surface area contributed by atoms with Gasteiger partial charge in [0.15, 0.2) is 0 Å². The molecule has 2 nitrogen and oxygen atoms in total. The fourth-order valence-corrected chi connectivity index (χ4v) is 2.03. The molecule has 3 heteroatoms. The number of hydrogen-bond donors (Lipinski definition) is 1. The fraction of sp³-hybridized carbons (Fsp3) is 0.455. The van der Waals surface area contributed by atoms with Gasteiger partial charge in [0.2, 0.25) is 0 Å². The first-order chi connectivity index (χ1) is 6.66. The third-order valence-corrected chi connectivity index (χ3v) is 2.89. The van der Waals surface area contributed by atoms with Crippen LogP contribution < -0.4 is 10.5 Å². The van der Waals surface area contributed by atoms with E-state index >= 15 is 0 Å². The number of ether oxygens (including phenoxy) is 1. The van der Waals surface area contributed by atoms with Crippen molar-refractivity contribution >= 4 is 21.6 Å². The highest BCUT2D eigenvalue weighted by Gasteiger charge is 2.22. The Morgan fingerprint density at radius 1 is 1.50 bits per heavy atom. The molecule has 0 heterocycles. The van der Waals surface area contributed by atoms with Crippen LogP contribution in [0.15, 0.2) is 16.6 Å². The molecule has 0 spiro atoms. The minimum atomic E-state index is 0.720. The van der Waals surface area contributed by atoms with E-state index in [9.17, 15) is 0 Å². The molecule has 0 aliphatic heterocycles. The molecule has 1 aromatic rings. The second-order valence-corrected chi connectivity index (χ2v) is 4.81. The number of aryl methyl sites for hydroxylation is 1. The van der Waals surface area contributed by atoms with Crippen LogP contribution in [-0.2, 0) is 0 Å². The molecule has 0 saturated heterocycles. The van der Waals surface area contributed by atoms with Crippen LogP contribution in [0.25, 0.3) is 0 Å². The molecule has 0 amide bonds. The lowest BCUT2D eigenvalue weighted by atomic mass is 10.2. The molecule has 1 fully saturated rings. The van der Waals surface area contributed by atoms with E-state index in [1.54, 1.807) is 0 Å². The van der Waals surface area contributed by atoms with E-state index in [1.807, 2.05) is 19.1 Å². The minimum Gasteiger partial charge on any atom is -0.491 e. The summed E-state index contributed by atoms with van der Waals surface area (Å²) in [4.78, 5) is 0. The molecule has 0 aromatic heterocycles. The van der Waals surface area contributed by atoms with Gasteiger partial charge in [-0.15, -0.1) is 0 Å². The highest BCUT2D eigenvalue weighted by atomic mass is 79.9. The van der Waals surface area contributed by atoms with Crippen molar-refractivity contribution in [1.29, 1.82) is 0 Å². The Balaban J connectivity index is 2.13. The molecule has 1 aromatic carbocycles. The van der Waals surface area contributed by atoms with Crippen LogP contribution in [0.2, 0.25) is 0 Å². The predicted octanol–water partition coefficient (Wildman–Crippen LogP) is 3.13. The molecule has 0 atom stereocenters. The third kappa shape index (κ3) is 2.21. The van der Waals surface area contributed by atoms with Gasteiger partial charge in [0.25, 0.3) is 0 Å². The maximum Gasteiger partial charge on any atom is 0.145 e. The molecule has 0 radical (unpaired) electrons. The zero-order valence-electron chi connectivity index (χ0n) is 8.22. The summed E-state index contributed by atoms with van der Waals surface area (Å²) in [6.07, 6.45) is 2.60. The molecule has 0 bridgehead atoms. The zero-order chi connectivity index (χ0) is 10.1. The summed E-state index contributed by atoms with van der Waals surface area (Å²) >= 11 is 3.40. The van der Waals surface area contributed by atoms with Crippen LogP contribution in [0.4, 0.5) is 5.69 Å². The van der Waals surface area contributed by atoms with Gasteiger partial charge < -0.3 is 10.5 Å². The third-order valence-electron chi connectivity index (χ3n) is 2.43. The van der Waals surface area contributed by atoms with E-state index in [0.29, 0.717) is 0 Å². The Hall–Kier alpha value is -0.700. The van der Waals surface area contributed by atoms with Crippen LogP contribution in [-0.4, -0.2) is 6.61 Å². The van der Waals surface area contributed by atoms with Gasteiger partial charge in [-0.2, -0.15) is 0 Å². The average Bonchev–Trinajstić information content (AvgIpc) is 2.85. The molecule has 0 unspecified atom stereocenters. The topological polar surface area (TPSA) is 35.2 Å². The maximum atomic E-state index is 5.87. The van der Waals surface area contributed by atoms with Gasteiger partial charge in [0.05, 0.1) is 12.3 Å². The number of hydrogen-bond acceptors (Lipinski definition) is 2. The highest BCUT2D eigenvalue weighted by Crippen LogP contribution is 2.34. The number of nitrogens with two attached hydrogens (primary N) is 1. The fourth-order valence-electron chi connectivity index (χ4n) is 1.44. The van der Waals surface area contributed by atoms with Crippen molar-refractivity contribution in [3.8, 4) is 5.75 Å². The first kappa shape index (κ1) is 9.84. The van der Waals surface area contributed by atoms with E-state index in [0.717, 1.165) is 34.0 Å². The Morgan fingerprint density at radius 2 is 2.21 bits per heavy atom. The van der Waals surface area contributed by atoms with E-state index in [2.05, 4.69) is 15.9 Å². The van der Waals surface area contributed by atoms with Gasteiger partial charge in [-0.25, -0.2) is 0 Å². The summed E-state index contributed by atoms with van der Waals surface area (Å²) in [5, 5.41) is 0. The molecule has 1 aliphatic carbocycles. The van der Waals surface area contributed by atoms with Crippen LogP contribution in [0.3, 0.4) is 0 Å². The molecule has 1 saturated carbocycles. The molecule has 2 N–H and O–H groups in total. The molecule has 1 aliphatic rings. The maximum absolute atomic E-state index is 5.87. The smallest absolute Gasteiger partial charge is 0.145 e. The summed E-state index contributed by atoms with van der Waals surface area (Å²) in [5.74, 6) is 1.61. The number of halogens is 1. The number of benzene rings is 1. The Bertz CT molecular complexity index is 324. The van der Waals surface area contributed by atoms with E-state index in [1.165, 1.54) is 12.8 Å². The van der Waals surface area contributed by atoms with Crippen molar-refractivity contribution < 1.29 is 4.74 Å². The summed E-state index contributed by atoms with van der Waals surface area (Å²) in [6.45, 7) is 2.83. The first-order valence-corrected chi connectivity index (χ1v) is 5.64. The van der Waals surface area contributed by atoms with Crippen molar-refractivity contribution in [2.24, 2.45) is 5.92 Å². The van der Waals surface area contributed by atoms with E-state index in [4.69, 9.17) is 10.5 Å². The van der Waals surface area contributed by atoms with Gasteiger partial charge >= 0.3 is 0 Å². The monoisotopic (exact) mass is 255 g/mol. The SMILES string of the molecule is Cc1cc(Br)cc(N)c1OCC1CC1. The van der Waals surface area contributed by atoms with Crippen LogP contribution in [0.5, 0.6) is 5.75 Å². The van der Waals surface area contributed by atoms with Crippen molar-refractivity contribution in [3.63, 3.8) is 0 Å². The second-order valence-electron chi connectivity index (χ2n) is 3.90. The van der Waals surface area contributed by atoms with Gasteiger partial charge in [0, 0.05) is 4.47 Å². The van der Waals surface area contributed by atoms with Crippen LogP contribution in [0.1, 0.15) is 18.4 Å². The lowest BCUT2D eigenvalue weighted by molar-refractivity contribution is 0.299. The second kappa shape index (κ2) is 3.81. The standard InChI is InChI=1S/C11H14BrNO/c1-7-4-9(12)5-10(13)11(7)14-6-8-2-3-8/h4-5,8H,2-3,6,13H2,1H3. The van der Waals surface area contributed by atoms with Crippen molar-refractivity contribution in [1.82, 2.24) is 0 Å². The van der Waals surface area contributed by atoms with Crippen LogP contribution in [0, 0.1) is 12.8 Å². The Labute approximate surface area is 92.6 Å². The Kier molecular flexibility index (Phi) is 2.68. The van der Waals surface area contributed by atoms with Crippen molar-refractivity contribution in [2.45, 2.75) is 19.8 Å². The highest BCUT2D eigenvalue weighted by molar-refractivity contribution is 9.10. The summed E-state index contributed by atoms with van der Waals surface area (Å²) < 4.78 is 6.71. The quantitative estimate of drug-likeness (QED) is 0.843. The average molecular weight is 256 g/mol. The lowest BCUT2D eigenvalue weighted by Gasteiger charge is -2.11. The number of nitrogen functional groups attached to an aromatic ring is 1. The number of anilines is 1. The molecule has 14 heavy (non-hydrogen) atoms. The molecular weight excluding hydrogens is 242 g/mol. The molecule has 2 rings (SSSR count). The van der Waals surface area contributed by atoms with E-state index < -0.39 is 0 Å². The number of rotatable bonds is 3. The zero-order valence-corrected chi connectivity index (χ0v) is 9.80. The van der Waals surface area contributed by atoms with Gasteiger partial charge in [0.1, 0.15) is 5.75 Å². The lowest BCUT2D eigenvalue weighted by Crippen LogP contribution is -2.03. The van der Waals surface area contributed by atoms with Crippen molar-refractivity contribution in [3.05, 3.63) is 22.2 Å². The normalized spacial score (nSPS) is 15.6. The van der Waals surface area contributed by atoms with Gasteiger partial charge in [-0.3, -0.25) is 0 Å². The van der Waals surface area contributed by atoms with Gasteiger partial charge in [-0.1, -0.05) is 15.9 Å². The summed E-state index contributed by atoms with van der Waals surface area (Å²) in [7, 11) is 0. The van der Waals surface area contributed by atoms with Crippen molar-refractivity contribution in [2.75, 3.05) is 12.3 Å². The predicted molar refractivity (Wildman–Crippen MR) is 61.5 cm³/mol. The van der Waals surface area contributed by atoms with Gasteiger partial charge in [-0.05, 0) is 43.4 Å².